The van der Waals surface area contributed by atoms with Gasteiger partial charge in [0, 0.05) is 0 Å². The van der Waals surface area contributed by atoms with Crippen molar-refractivity contribution in [1.82, 2.24) is 0 Å². The van der Waals surface area contributed by atoms with E-state index in [1.165, 1.54) is 0 Å². The minimum Gasteiger partial charge on any atom is -0.521 e. The van der Waals surface area contributed by atoms with Gasteiger partial charge >= 0.3 is 22.8 Å². The van der Waals surface area contributed by atoms with E-state index in [0.29, 0.717) is 16.6 Å². The lowest BCUT2D eigenvalue weighted by Crippen LogP contribution is -1.81. The van der Waals surface area contributed by atoms with Crippen molar-refractivity contribution in [1.29, 1.82) is 0 Å². The quantitative estimate of drug-likeness (QED) is 0.339. The van der Waals surface area contributed by atoms with E-state index in [4.69, 9.17) is 19.2 Å². The van der Waals surface area contributed by atoms with Crippen molar-refractivity contribution in [3.05, 3.63) is 0 Å². The normalized spacial score (nSPS) is 4.83. The van der Waals surface area contributed by atoms with Crippen molar-refractivity contribution < 1.29 is 19.2 Å². The number of carboxylic acid groups (broad SMARTS) is 2. The van der Waals surface area contributed by atoms with Crippen molar-refractivity contribution in [2.45, 2.75) is 0 Å². The first-order valence-electron chi connectivity index (χ1n) is 1.10. The number of hydrogen-bond donors (Lipinski definition) is 3. The van der Waals surface area contributed by atoms with Crippen LogP contribution in [-0.2, 0) is 0 Å². The molecule has 3 N–H and O–H groups in total. The first-order valence-corrected chi connectivity index (χ1v) is 1.99. The molecule has 0 radical (unpaired) electrons. The summed E-state index contributed by atoms with van der Waals surface area (Å²) in [5, 5.41) is 13.9. The van der Waals surface area contributed by atoms with Gasteiger partial charge in [-0.3, -0.25) is 0 Å². The van der Waals surface area contributed by atoms with Gasteiger partial charge < -0.3 is 14.4 Å². The molecule has 0 aromatic heterocycles. The number of hydrogen-bond acceptors (Lipinski definition) is 2. The van der Waals surface area contributed by atoms with Crippen LogP contribution >= 0.6 is 0 Å². The minimum atomic E-state index is -1.83. The first kappa shape index (κ1) is 9.23. The van der Waals surface area contributed by atoms with E-state index in [1.807, 2.05) is 0 Å². The Bertz CT molecular complexity index is 30.5. The Kier molecular flexibility index (Phi) is 13.6. The van der Waals surface area contributed by atoms with Gasteiger partial charge in [-0.15, -0.1) is 0 Å². The maximum absolute atomic E-state index is 8.56. The lowest BCUT2D eigenvalue weighted by Gasteiger charge is -1.60. The van der Waals surface area contributed by atoms with Crippen LogP contribution in [0.3, 0.4) is 0 Å². The Hall–Kier alpha value is -0.238. The summed E-state index contributed by atoms with van der Waals surface area (Å²) in [6.07, 6.45) is -1.83. The Labute approximate surface area is 42.8 Å². The van der Waals surface area contributed by atoms with Crippen LogP contribution in [0.5, 0.6) is 0 Å². The van der Waals surface area contributed by atoms with Crippen LogP contribution in [0.2, 0.25) is 0 Å². The molecule has 0 rings (SSSR count). The Morgan fingerprint density at radius 2 is 1.33 bits per heavy atom. The molecule has 0 bridgehead atoms. The maximum atomic E-state index is 8.56. The molecule has 0 fully saturated rings. The van der Waals surface area contributed by atoms with Crippen molar-refractivity contribution in [3.8, 4) is 0 Å². The van der Waals surface area contributed by atoms with Gasteiger partial charge in [0.25, 0.3) is 0 Å². The molecule has 0 amide bonds. The summed E-state index contributed by atoms with van der Waals surface area (Å²) < 4.78 is 7.14. The summed E-state index contributed by atoms with van der Waals surface area (Å²) in [7, 11) is 0. The van der Waals surface area contributed by atoms with Gasteiger partial charge in [0.1, 0.15) is 0 Å². The van der Waals surface area contributed by atoms with E-state index >= 15 is 0 Å². The topological polar surface area (TPSA) is 77.8 Å². The van der Waals surface area contributed by atoms with Gasteiger partial charge in [0.05, 0.1) is 0 Å². The zero-order valence-corrected chi connectivity index (χ0v) is 5.25. The molecule has 5 heteroatoms. The molecule has 0 saturated carbocycles. The van der Waals surface area contributed by atoms with E-state index in [9.17, 15) is 0 Å². The van der Waals surface area contributed by atoms with Crippen LogP contribution in [0.15, 0.2) is 0 Å². The van der Waals surface area contributed by atoms with E-state index in [0.717, 1.165) is 0 Å². The fraction of sp³-hybridized carbons (Fsp3) is 0. The number of rotatable bonds is 0. The number of carbonyl (C=O) groups is 1. The highest BCUT2D eigenvalue weighted by atomic mass is 27.1. The standard InChI is InChI=1S/CH2O3.Al.H2O.2H/c2-1(3)4;;;;/h(H2,2,3,4);;1H2;;/q;+1;;;/p-1. The zero-order valence-electron chi connectivity index (χ0n) is 3.25. The highest BCUT2D eigenvalue weighted by Gasteiger charge is 1.70. The Morgan fingerprint density at radius 1 is 1.33 bits per heavy atom. The summed E-state index contributed by atoms with van der Waals surface area (Å²) >= 11 is 0.306. The van der Waals surface area contributed by atoms with Gasteiger partial charge in [-0.05, 0) is 0 Å². The molecule has 0 aliphatic heterocycles. The predicted octanol–water partition coefficient (Wildman–Crippen LogP) is -1.25. The van der Waals surface area contributed by atoms with E-state index < -0.39 is 6.16 Å². The maximum Gasteiger partial charge on any atom is 0.503 e. The van der Waals surface area contributed by atoms with Crippen LogP contribution in [0, 0.1) is 0 Å². The highest BCUT2D eigenvalue weighted by Crippen LogP contribution is 1.42. The van der Waals surface area contributed by atoms with E-state index in [1.54, 1.807) is 0 Å². The van der Waals surface area contributed by atoms with Gasteiger partial charge in [0.2, 0.25) is 0 Å². The first-order chi connectivity index (χ1) is 2.73. The molecule has 4 nitrogen and oxygen atoms in total. The lowest BCUT2D eigenvalue weighted by molar-refractivity contribution is 0.137. The molecule has 0 aliphatic rings. The van der Waals surface area contributed by atoms with Crippen LogP contribution in [-0.4, -0.2) is 37.2 Å². The van der Waals surface area contributed by atoms with Crippen molar-refractivity contribution in [2.75, 3.05) is 0 Å². The van der Waals surface area contributed by atoms with Crippen LogP contribution in [0.4, 0.5) is 4.79 Å². The molecule has 36 valence electrons. The van der Waals surface area contributed by atoms with E-state index in [2.05, 4.69) is 0 Å². The van der Waals surface area contributed by atoms with Crippen molar-refractivity contribution >= 4 is 22.8 Å². The molecule has 0 aromatic carbocycles. The monoisotopic (exact) mass is 108 g/mol. The average molecular weight is 108 g/mol. The second-order valence-electron chi connectivity index (χ2n) is 0.283. The fourth-order valence-corrected chi connectivity index (χ4v) is 0. The Morgan fingerprint density at radius 3 is 1.33 bits per heavy atom. The van der Waals surface area contributed by atoms with Crippen LogP contribution < -0.4 is 0 Å². The highest BCUT2D eigenvalue weighted by molar-refractivity contribution is 5.95. The van der Waals surface area contributed by atoms with Crippen molar-refractivity contribution in [3.63, 3.8) is 0 Å². The largest absolute Gasteiger partial charge is 0.521 e. The Balaban J connectivity index is 0. The molecule has 0 unspecified atom stereocenters. The molecule has 0 atom stereocenters. The second kappa shape index (κ2) is 8.83. The molecule has 6 heavy (non-hydrogen) atoms. The van der Waals surface area contributed by atoms with Gasteiger partial charge in [-0.25, -0.2) is 4.79 Å². The summed E-state index contributed by atoms with van der Waals surface area (Å²) in [5.74, 6) is 0. The van der Waals surface area contributed by atoms with E-state index in [-0.39, 0.29) is 0 Å². The molecule has 0 heterocycles. The fourth-order valence-electron chi connectivity index (χ4n) is 0. The van der Waals surface area contributed by atoms with Crippen molar-refractivity contribution in [2.24, 2.45) is 0 Å². The second-order valence-corrected chi connectivity index (χ2v) is 0.283. The van der Waals surface area contributed by atoms with Crippen LogP contribution in [0.1, 0.15) is 0 Å². The third-order valence-electron chi connectivity index (χ3n) is 0. The van der Waals surface area contributed by atoms with Gasteiger partial charge in [-0.1, -0.05) is 0 Å². The zero-order chi connectivity index (χ0) is 5.58. The minimum absolute atomic E-state index is 0.306. The third kappa shape index (κ3) is 509. The smallest absolute Gasteiger partial charge is 0.503 e. The summed E-state index contributed by atoms with van der Waals surface area (Å²) in [4.78, 5) is 8.56. The lowest BCUT2D eigenvalue weighted by atomic mass is 11.5. The summed E-state index contributed by atoms with van der Waals surface area (Å²) in [6, 6.07) is 0. The van der Waals surface area contributed by atoms with Gasteiger partial charge in [0.15, 0.2) is 0 Å². The molecular formula is CH5AlO4. The van der Waals surface area contributed by atoms with Gasteiger partial charge in [-0.2, -0.15) is 0 Å². The molecule has 0 aliphatic carbocycles. The SMILES string of the molecule is O=C(O)O.[OH][AlH2]. The summed E-state index contributed by atoms with van der Waals surface area (Å²) in [5.41, 5.74) is 0. The summed E-state index contributed by atoms with van der Waals surface area (Å²) in [6.45, 7) is 0. The molecule has 0 spiro atoms. The van der Waals surface area contributed by atoms with Crippen LogP contribution in [0.25, 0.3) is 0 Å². The predicted molar refractivity (Wildman–Crippen MR) is 21.4 cm³/mol. The molecule has 0 aromatic rings. The average Bonchev–Trinajstić information content (AvgIpc) is 1.41. The molecule has 0 saturated heterocycles. The third-order valence-corrected chi connectivity index (χ3v) is 0. The molecular weight excluding hydrogens is 103 g/mol.